The third-order valence-corrected chi connectivity index (χ3v) is 2.76. The van der Waals surface area contributed by atoms with E-state index in [0.717, 1.165) is 6.20 Å². The van der Waals surface area contributed by atoms with Gasteiger partial charge in [-0.05, 0) is 6.07 Å². The Labute approximate surface area is 136 Å². The monoisotopic (exact) mass is 334 g/mol. The number of carbonyl (C=O) groups is 2. The molecule has 1 rings (SSSR count). The number of carbonyl (C=O) groups excluding carboxylic acids is 1. The Morgan fingerprint density at radius 1 is 1.50 bits per heavy atom. The van der Waals surface area contributed by atoms with Crippen LogP contribution in [0.5, 0.6) is 5.75 Å². The predicted molar refractivity (Wildman–Crippen MR) is 82.2 cm³/mol. The lowest BCUT2D eigenvalue weighted by molar-refractivity contribution is -0.384. The van der Waals surface area contributed by atoms with Gasteiger partial charge in [-0.25, -0.2) is 0 Å². The number of hydrogen-bond acceptors (Lipinski definition) is 7. The lowest BCUT2D eigenvalue weighted by Gasteiger charge is -2.08. The zero-order valence-corrected chi connectivity index (χ0v) is 12.6. The molecule has 0 fully saturated rings. The largest absolute Gasteiger partial charge is 0.495 e. The average molecular weight is 334 g/mol. The van der Waals surface area contributed by atoms with Gasteiger partial charge in [0.15, 0.2) is 0 Å². The molecule has 0 saturated carbocycles. The summed E-state index contributed by atoms with van der Waals surface area (Å²) in [6.07, 6.45) is 0.772. The molecule has 24 heavy (non-hydrogen) atoms. The summed E-state index contributed by atoms with van der Waals surface area (Å²) in [6, 6.07) is 5.45. The summed E-state index contributed by atoms with van der Waals surface area (Å²) in [6.45, 7) is -0.132. The summed E-state index contributed by atoms with van der Waals surface area (Å²) < 4.78 is 5.03. The first-order valence-electron chi connectivity index (χ1n) is 6.58. The summed E-state index contributed by atoms with van der Waals surface area (Å²) in [7, 11) is 1.36. The number of benzene rings is 1. The maximum atomic E-state index is 11.7. The van der Waals surface area contributed by atoms with Gasteiger partial charge in [0.05, 0.1) is 24.1 Å². The van der Waals surface area contributed by atoms with E-state index in [-0.39, 0.29) is 35.7 Å². The molecule has 10 nitrogen and oxygen atoms in total. The molecule has 0 saturated heterocycles. The fraction of sp³-hybridized carbons (Fsp3) is 0.214. The van der Waals surface area contributed by atoms with Crippen molar-refractivity contribution in [2.45, 2.75) is 6.42 Å². The fourth-order valence-electron chi connectivity index (χ4n) is 1.60. The third-order valence-electron chi connectivity index (χ3n) is 2.76. The SMILES string of the molecule is COc1ccc([N+](=O)[O-])cc1N/C=C(/C#N)C(=O)NCCC(=O)O. The second kappa shape index (κ2) is 8.74. The van der Waals surface area contributed by atoms with E-state index in [9.17, 15) is 19.7 Å². The highest BCUT2D eigenvalue weighted by molar-refractivity contribution is 5.97. The van der Waals surface area contributed by atoms with Crippen molar-refractivity contribution in [1.29, 1.82) is 5.26 Å². The molecule has 0 aliphatic rings. The highest BCUT2D eigenvalue weighted by Crippen LogP contribution is 2.28. The van der Waals surface area contributed by atoms with Gasteiger partial charge in [-0.2, -0.15) is 5.26 Å². The summed E-state index contributed by atoms with van der Waals surface area (Å²) >= 11 is 0. The van der Waals surface area contributed by atoms with Gasteiger partial charge < -0.3 is 20.5 Å². The van der Waals surface area contributed by atoms with E-state index in [2.05, 4.69) is 10.6 Å². The van der Waals surface area contributed by atoms with E-state index in [1.165, 1.54) is 25.3 Å². The van der Waals surface area contributed by atoms with Crippen LogP contribution in [0.3, 0.4) is 0 Å². The first-order chi connectivity index (χ1) is 11.4. The second-order valence-corrected chi connectivity index (χ2v) is 4.36. The highest BCUT2D eigenvalue weighted by Gasteiger charge is 2.13. The molecule has 0 unspecified atom stereocenters. The van der Waals surface area contributed by atoms with Crippen molar-refractivity contribution in [3.8, 4) is 11.8 Å². The van der Waals surface area contributed by atoms with Gasteiger partial charge >= 0.3 is 5.97 Å². The van der Waals surface area contributed by atoms with E-state index in [1.807, 2.05) is 0 Å². The van der Waals surface area contributed by atoms with Crippen molar-refractivity contribution < 1.29 is 24.4 Å². The second-order valence-electron chi connectivity index (χ2n) is 4.36. The summed E-state index contributed by atoms with van der Waals surface area (Å²) in [5.74, 6) is -1.58. The van der Waals surface area contributed by atoms with E-state index < -0.39 is 16.8 Å². The minimum absolute atomic E-state index is 0.132. The first kappa shape index (κ1) is 18.4. The van der Waals surface area contributed by atoms with Gasteiger partial charge in [-0.1, -0.05) is 0 Å². The molecule has 0 spiro atoms. The van der Waals surface area contributed by atoms with Crippen LogP contribution < -0.4 is 15.4 Å². The molecule has 0 atom stereocenters. The molecule has 0 aliphatic heterocycles. The van der Waals surface area contributed by atoms with Crippen LogP contribution in [-0.2, 0) is 9.59 Å². The number of anilines is 1. The van der Waals surface area contributed by atoms with E-state index in [0.29, 0.717) is 0 Å². The average Bonchev–Trinajstić information content (AvgIpc) is 2.54. The highest BCUT2D eigenvalue weighted by atomic mass is 16.6. The molecule has 1 amide bonds. The number of nitriles is 1. The number of nitrogens with zero attached hydrogens (tertiary/aromatic N) is 2. The van der Waals surface area contributed by atoms with Crippen LogP contribution in [0.4, 0.5) is 11.4 Å². The molecule has 0 aliphatic carbocycles. The van der Waals surface area contributed by atoms with E-state index in [4.69, 9.17) is 15.1 Å². The van der Waals surface area contributed by atoms with Gasteiger partial charge in [0.25, 0.3) is 11.6 Å². The molecule has 0 radical (unpaired) electrons. The fourth-order valence-corrected chi connectivity index (χ4v) is 1.60. The Morgan fingerprint density at radius 2 is 2.21 bits per heavy atom. The number of ether oxygens (including phenoxy) is 1. The van der Waals surface area contributed by atoms with Crippen LogP contribution in [-0.4, -0.2) is 35.6 Å². The predicted octanol–water partition coefficient (Wildman–Crippen LogP) is 1.01. The summed E-state index contributed by atoms with van der Waals surface area (Å²) in [4.78, 5) is 32.3. The number of carboxylic acid groups (broad SMARTS) is 1. The molecule has 0 heterocycles. The Morgan fingerprint density at radius 3 is 2.75 bits per heavy atom. The minimum atomic E-state index is -1.09. The topological polar surface area (TPSA) is 155 Å². The summed E-state index contributed by atoms with van der Waals surface area (Å²) in [5.41, 5.74) is -0.331. The van der Waals surface area contributed by atoms with Crippen LogP contribution in [0.2, 0.25) is 0 Å². The number of non-ortho nitro benzene ring substituents is 1. The van der Waals surface area contributed by atoms with Gasteiger partial charge in [0.1, 0.15) is 17.4 Å². The van der Waals surface area contributed by atoms with Crippen molar-refractivity contribution in [3.05, 3.63) is 40.1 Å². The summed E-state index contributed by atoms with van der Waals surface area (Å²) in [5, 5.41) is 33.1. The first-order valence-corrected chi connectivity index (χ1v) is 6.58. The van der Waals surface area contributed by atoms with Crippen molar-refractivity contribution in [1.82, 2.24) is 5.32 Å². The quantitative estimate of drug-likeness (QED) is 0.275. The number of hydrogen-bond donors (Lipinski definition) is 3. The molecule has 10 heteroatoms. The molecule has 0 bridgehead atoms. The zero-order chi connectivity index (χ0) is 18.1. The minimum Gasteiger partial charge on any atom is -0.495 e. The van der Waals surface area contributed by atoms with Crippen LogP contribution in [0.15, 0.2) is 30.0 Å². The number of methoxy groups -OCH3 is 1. The van der Waals surface area contributed by atoms with Gasteiger partial charge in [-0.3, -0.25) is 19.7 Å². The van der Waals surface area contributed by atoms with Crippen molar-refractivity contribution in [2.75, 3.05) is 19.0 Å². The molecule has 1 aromatic carbocycles. The lowest BCUT2D eigenvalue weighted by Crippen LogP contribution is -2.27. The lowest BCUT2D eigenvalue weighted by atomic mass is 10.2. The van der Waals surface area contributed by atoms with E-state index >= 15 is 0 Å². The Hall–Kier alpha value is -3.61. The molecular formula is C14H14N4O6. The number of nitrogens with one attached hydrogen (secondary N) is 2. The normalized spacial score (nSPS) is 10.4. The zero-order valence-electron chi connectivity index (χ0n) is 12.6. The van der Waals surface area contributed by atoms with Crippen molar-refractivity contribution in [3.63, 3.8) is 0 Å². The van der Waals surface area contributed by atoms with Crippen LogP contribution in [0.1, 0.15) is 6.42 Å². The molecule has 3 N–H and O–H groups in total. The third kappa shape index (κ3) is 5.30. The maximum absolute atomic E-state index is 11.7. The van der Waals surface area contributed by atoms with Crippen molar-refractivity contribution >= 4 is 23.3 Å². The Bertz CT molecular complexity index is 722. The standard InChI is InChI=1S/C14H14N4O6/c1-24-12-3-2-10(18(22)23)6-11(12)17-8-9(7-15)14(21)16-5-4-13(19)20/h2-3,6,8,17H,4-5H2,1H3,(H,16,21)(H,19,20)/b9-8-. The van der Waals surface area contributed by atoms with Crippen LogP contribution in [0.25, 0.3) is 0 Å². The number of nitro benzene ring substituents is 1. The number of aliphatic carboxylic acids is 1. The number of carboxylic acids is 1. The molecule has 1 aromatic rings. The van der Waals surface area contributed by atoms with Crippen LogP contribution in [0, 0.1) is 21.4 Å². The number of amides is 1. The van der Waals surface area contributed by atoms with E-state index in [1.54, 1.807) is 6.07 Å². The molecule has 0 aromatic heterocycles. The van der Waals surface area contributed by atoms with Gasteiger partial charge in [0, 0.05) is 24.9 Å². The van der Waals surface area contributed by atoms with Gasteiger partial charge in [0.2, 0.25) is 0 Å². The smallest absolute Gasteiger partial charge is 0.305 e. The Kier molecular flexibility index (Phi) is 6.72. The van der Waals surface area contributed by atoms with Crippen LogP contribution >= 0.6 is 0 Å². The number of nitro groups is 1. The number of rotatable bonds is 8. The van der Waals surface area contributed by atoms with Crippen molar-refractivity contribution in [2.24, 2.45) is 0 Å². The molecule has 126 valence electrons. The Balaban J connectivity index is 2.90. The maximum Gasteiger partial charge on any atom is 0.305 e. The molecular weight excluding hydrogens is 320 g/mol. The van der Waals surface area contributed by atoms with Gasteiger partial charge in [-0.15, -0.1) is 0 Å².